The topological polar surface area (TPSA) is 62.2 Å². The zero-order valence-corrected chi connectivity index (χ0v) is 13.1. The molecule has 1 aliphatic heterocycles. The molecule has 0 saturated carbocycles. The molecule has 0 aromatic rings. The lowest BCUT2D eigenvalue weighted by atomic mass is 10.2. The molecule has 1 aliphatic rings. The van der Waals surface area contributed by atoms with Gasteiger partial charge < -0.3 is 24.4 Å². The molecule has 1 unspecified atom stereocenters. The minimum atomic E-state index is -0.469. The van der Waals surface area contributed by atoms with E-state index in [4.69, 9.17) is 14.6 Å². The summed E-state index contributed by atoms with van der Waals surface area (Å²) >= 11 is 0. The van der Waals surface area contributed by atoms with Crippen LogP contribution in [-0.2, 0) is 9.47 Å². The van der Waals surface area contributed by atoms with E-state index in [1.807, 2.05) is 27.8 Å². The first-order chi connectivity index (χ1) is 9.31. The Bertz CT molecular complexity index is 304. The molecular weight excluding hydrogens is 260 g/mol. The fourth-order valence-electron chi connectivity index (χ4n) is 2.10. The summed E-state index contributed by atoms with van der Waals surface area (Å²) in [6.45, 7) is 9.03. The minimum Gasteiger partial charge on any atom is -0.444 e. The first-order valence-electron chi connectivity index (χ1n) is 7.21. The number of likely N-dealkylation sites (N-methyl/N-ethyl adjacent to an activating group) is 1. The molecule has 0 aliphatic carbocycles. The van der Waals surface area contributed by atoms with E-state index in [2.05, 4.69) is 4.90 Å². The van der Waals surface area contributed by atoms with Crippen LogP contribution in [0.3, 0.4) is 0 Å². The van der Waals surface area contributed by atoms with Gasteiger partial charge in [0.2, 0.25) is 0 Å². The summed E-state index contributed by atoms with van der Waals surface area (Å²) in [7, 11) is 1.99. The van der Waals surface area contributed by atoms with Crippen molar-refractivity contribution in [2.75, 3.05) is 46.4 Å². The lowest BCUT2D eigenvalue weighted by Gasteiger charge is -2.35. The highest BCUT2D eigenvalue weighted by Crippen LogP contribution is 2.13. The lowest BCUT2D eigenvalue weighted by molar-refractivity contribution is -0.0504. The van der Waals surface area contributed by atoms with Gasteiger partial charge in [0.25, 0.3) is 0 Å². The van der Waals surface area contributed by atoms with Crippen molar-refractivity contribution >= 4 is 6.09 Å². The zero-order valence-electron chi connectivity index (χ0n) is 13.1. The Labute approximate surface area is 121 Å². The summed E-state index contributed by atoms with van der Waals surface area (Å²) in [6.07, 6.45) is 0.475. The number of morpholine rings is 1. The van der Waals surface area contributed by atoms with E-state index in [0.717, 1.165) is 19.5 Å². The highest BCUT2D eigenvalue weighted by atomic mass is 16.6. The van der Waals surface area contributed by atoms with Crippen LogP contribution in [0.2, 0.25) is 0 Å². The van der Waals surface area contributed by atoms with E-state index in [1.165, 1.54) is 0 Å². The van der Waals surface area contributed by atoms with Crippen LogP contribution in [0.1, 0.15) is 27.2 Å². The Morgan fingerprint density at radius 3 is 2.80 bits per heavy atom. The SMILES string of the molecule is CN(CCCO)CC1CN(C(=O)OC(C)(C)C)CCO1. The van der Waals surface area contributed by atoms with Gasteiger partial charge in [-0.2, -0.15) is 0 Å². The molecule has 1 amide bonds. The quantitative estimate of drug-likeness (QED) is 0.815. The molecule has 20 heavy (non-hydrogen) atoms. The highest BCUT2D eigenvalue weighted by molar-refractivity contribution is 5.68. The van der Waals surface area contributed by atoms with Gasteiger partial charge in [0.05, 0.1) is 19.3 Å². The van der Waals surface area contributed by atoms with Crippen molar-refractivity contribution in [3.05, 3.63) is 0 Å². The van der Waals surface area contributed by atoms with Crippen LogP contribution >= 0.6 is 0 Å². The second-order valence-corrected chi connectivity index (χ2v) is 6.26. The summed E-state index contributed by atoms with van der Waals surface area (Å²) in [5, 5.41) is 8.82. The minimum absolute atomic E-state index is 0.0000359. The van der Waals surface area contributed by atoms with Gasteiger partial charge in [-0.25, -0.2) is 4.79 Å². The Kier molecular flexibility index (Phi) is 6.71. The lowest BCUT2D eigenvalue weighted by Crippen LogP contribution is -2.50. The molecule has 1 saturated heterocycles. The van der Waals surface area contributed by atoms with E-state index in [0.29, 0.717) is 19.7 Å². The van der Waals surface area contributed by atoms with E-state index < -0.39 is 5.60 Å². The van der Waals surface area contributed by atoms with Crippen molar-refractivity contribution in [1.29, 1.82) is 0 Å². The maximum atomic E-state index is 12.0. The van der Waals surface area contributed by atoms with Gasteiger partial charge in [0.15, 0.2) is 0 Å². The largest absolute Gasteiger partial charge is 0.444 e. The van der Waals surface area contributed by atoms with Gasteiger partial charge in [0.1, 0.15) is 5.60 Å². The molecule has 118 valence electrons. The van der Waals surface area contributed by atoms with Crippen molar-refractivity contribution in [2.45, 2.75) is 38.9 Å². The zero-order chi connectivity index (χ0) is 15.2. The third-order valence-corrected chi connectivity index (χ3v) is 3.00. The van der Waals surface area contributed by atoms with Crippen LogP contribution in [-0.4, -0.2) is 79.1 Å². The third kappa shape index (κ3) is 6.54. The summed E-state index contributed by atoms with van der Waals surface area (Å²) in [6, 6.07) is 0. The molecule has 0 radical (unpaired) electrons. The molecule has 1 N–H and O–H groups in total. The Morgan fingerprint density at radius 2 is 2.20 bits per heavy atom. The van der Waals surface area contributed by atoms with E-state index >= 15 is 0 Å². The molecule has 1 fully saturated rings. The van der Waals surface area contributed by atoms with Gasteiger partial charge >= 0.3 is 6.09 Å². The van der Waals surface area contributed by atoms with Gasteiger partial charge in [0, 0.05) is 26.2 Å². The van der Waals surface area contributed by atoms with E-state index in [1.54, 1.807) is 4.90 Å². The van der Waals surface area contributed by atoms with Gasteiger partial charge in [-0.15, -0.1) is 0 Å². The molecule has 1 heterocycles. The highest BCUT2D eigenvalue weighted by Gasteiger charge is 2.28. The van der Waals surface area contributed by atoms with Crippen LogP contribution in [0, 0.1) is 0 Å². The second kappa shape index (κ2) is 7.81. The number of carbonyl (C=O) groups excluding carboxylic acids is 1. The number of carbonyl (C=O) groups is 1. The molecule has 0 bridgehead atoms. The Hall–Kier alpha value is -0.850. The molecular formula is C14H28N2O4. The van der Waals surface area contributed by atoms with Crippen LogP contribution in [0.5, 0.6) is 0 Å². The number of rotatable bonds is 5. The maximum Gasteiger partial charge on any atom is 0.410 e. The van der Waals surface area contributed by atoms with Crippen molar-refractivity contribution < 1.29 is 19.4 Å². The van der Waals surface area contributed by atoms with Gasteiger partial charge in [-0.1, -0.05) is 0 Å². The fourth-order valence-corrected chi connectivity index (χ4v) is 2.10. The number of aliphatic hydroxyl groups is 1. The van der Waals surface area contributed by atoms with Crippen LogP contribution < -0.4 is 0 Å². The number of amides is 1. The number of nitrogens with zero attached hydrogens (tertiary/aromatic N) is 2. The Balaban J connectivity index is 2.40. The van der Waals surface area contributed by atoms with Crippen molar-refractivity contribution in [2.24, 2.45) is 0 Å². The molecule has 6 heteroatoms. The maximum absolute atomic E-state index is 12.0. The van der Waals surface area contributed by atoms with Crippen LogP contribution in [0.4, 0.5) is 4.79 Å². The fraction of sp³-hybridized carbons (Fsp3) is 0.929. The van der Waals surface area contributed by atoms with E-state index in [9.17, 15) is 4.79 Å². The molecule has 1 atom stereocenters. The first-order valence-corrected chi connectivity index (χ1v) is 7.21. The standard InChI is InChI=1S/C14H28N2O4/c1-14(2,3)20-13(18)16-7-9-19-12(11-16)10-15(4)6-5-8-17/h12,17H,5-11H2,1-4H3. The summed E-state index contributed by atoms with van der Waals surface area (Å²) in [5.41, 5.74) is -0.469. The summed E-state index contributed by atoms with van der Waals surface area (Å²) in [5.74, 6) is 0. The number of ether oxygens (including phenoxy) is 2. The number of hydrogen-bond donors (Lipinski definition) is 1. The van der Waals surface area contributed by atoms with Crippen LogP contribution in [0.15, 0.2) is 0 Å². The first kappa shape index (κ1) is 17.2. The van der Waals surface area contributed by atoms with Gasteiger partial charge in [-0.05, 0) is 34.2 Å². The average Bonchev–Trinajstić information content (AvgIpc) is 2.34. The predicted molar refractivity (Wildman–Crippen MR) is 76.7 cm³/mol. The van der Waals surface area contributed by atoms with Crippen molar-refractivity contribution in [3.8, 4) is 0 Å². The number of aliphatic hydroxyl groups excluding tert-OH is 1. The summed E-state index contributed by atoms with van der Waals surface area (Å²) in [4.78, 5) is 15.8. The third-order valence-electron chi connectivity index (χ3n) is 3.00. The second-order valence-electron chi connectivity index (χ2n) is 6.26. The molecule has 6 nitrogen and oxygen atoms in total. The van der Waals surface area contributed by atoms with Gasteiger partial charge in [-0.3, -0.25) is 0 Å². The Morgan fingerprint density at radius 1 is 1.50 bits per heavy atom. The van der Waals surface area contributed by atoms with E-state index in [-0.39, 0.29) is 18.8 Å². The molecule has 0 aromatic heterocycles. The molecule has 0 aromatic carbocycles. The van der Waals surface area contributed by atoms with Crippen molar-refractivity contribution in [1.82, 2.24) is 9.80 Å². The molecule has 1 rings (SSSR count). The predicted octanol–water partition coefficient (Wildman–Crippen LogP) is 0.936. The van der Waals surface area contributed by atoms with Crippen LogP contribution in [0.25, 0.3) is 0 Å². The monoisotopic (exact) mass is 288 g/mol. The smallest absolute Gasteiger partial charge is 0.410 e. The summed E-state index contributed by atoms with van der Waals surface area (Å²) < 4.78 is 11.1. The number of hydrogen-bond acceptors (Lipinski definition) is 5. The van der Waals surface area contributed by atoms with Crippen molar-refractivity contribution in [3.63, 3.8) is 0 Å². The average molecular weight is 288 g/mol. The molecule has 0 spiro atoms. The normalized spacial score (nSPS) is 20.3.